The zero-order chi connectivity index (χ0) is 24.7. The molecule has 0 aliphatic carbocycles. The van der Waals surface area contributed by atoms with Crippen LogP contribution in [0.15, 0.2) is 58.0 Å². The average Bonchev–Trinajstić information content (AvgIpc) is 3.30. The van der Waals surface area contributed by atoms with E-state index in [2.05, 4.69) is 22.9 Å². The third-order valence-electron chi connectivity index (χ3n) is 6.49. The van der Waals surface area contributed by atoms with Gasteiger partial charge in [0.15, 0.2) is 0 Å². The summed E-state index contributed by atoms with van der Waals surface area (Å²) in [5.41, 5.74) is 2.03. The second-order valence-electron chi connectivity index (χ2n) is 8.91. The molecule has 3 heterocycles. The van der Waals surface area contributed by atoms with Gasteiger partial charge in [0, 0.05) is 40.2 Å². The Morgan fingerprint density at radius 2 is 1.91 bits per heavy atom. The van der Waals surface area contributed by atoms with Crippen molar-refractivity contribution in [3.05, 3.63) is 68.6 Å². The Balaban J connectivity index is 1.47. The summed E-state index contributed by atoms with van der Waals surface area (Å²) in [6.07, 6.45) is 5.65. The smallest absolute Gasteiger partial charge is 0.298 e. The SMILES string of the molecule is CC1CCN(C(=O)Cn2cc(/C=C3\SC(=O)N(c4ccccc4Cl)C3=O)c3cc(Br)ccc32)CC1. The van der Waals surface area contributed by atoms with Gasteiger partial charge in [-0.15, -0.1) is 0 Å². The third-order valence-corrected chi connectivity index (χ3v) is 8.17. The zero-order valence-corrected chi connectivity index (χ0v) is 22.2. The van der Waals surface area contributed by atoms with E-state index < -0.39 is 11.1 Å². The van der Waals surface area contributed by atoms with E-state index in [0.29, 0.717) is 21.5 Å². The Labute approximate surface area is 221 Å². The topological polar surface area (TPSA) is 62.6 Å². The first-order chi connectivity index (χ1) is 16.8. The molecule has 5 rings (SSSR count). The van der Waals surface area contributed by atoms with Crippen LogP contribution in [0.1, 0.15) is 25.3 Å². The van der Waals surface area contributed by atoms with Crippen molar-refractivity contribution in [2.24, 2.45) is 5.92 Å². The minimum absolute atomic E-state index is 0.0855. The minimum Gasteiger partial charge on any atom is -0.341 e. The summed E-state index contributed by atoms with van der Waals surface area (Å²) in [5.74, 6) is 0.321. The van der Waals surface area contributed by atoms with Crippen LogP contribution >= 0.6 is 39.3 Å². The van der Waals surface area contributed by atoms with E-state index in [1.54, 1.807) is 30.3 Å². The predicted molar refractivity (Wildman–Crippen MR) is 145 cm³/mol. The van der Waals surface area contributed by atoms with Crippen LogP contribution in [-0.2, 0) is 16.1 Å². The van der Waals surface area contributed by atoms with Crippen LogP contribution in [0.5, 0.6) is 0 Å². The van der Waals surface area contributed by atoms with Crippen molar-refractivity contribution in [2.45, 2.75) is 26.3 Å². The fraction of sp³-hybridized carbons (Fsp3) is 0.269. The number of thioether (sulfide) groups is 1. The standard InChI is InChI=1S/C26H23BrClN3O3S/c1-16-8-10-29(11-9-16)24(32)15-30-14-17(19-13-18(27)6-7-21(19)30)12-23-25(33)31(26(34)35-23)22-5-3-2-4-20(22)28/h2-7,12-14,16H,8-11,15H2,1H3/b23-12-. The summed E-state index contributed by atoms with van der Waals surface area (Å²) in [4.78, 5) is 42.3. The lowest BCUT2D eigenvalue weighted by atomic mass is 9.99. The van der Waals surface area contributed by atoms with E-state index in [1.807, 2.05) is 33.9 Å². The maximum Gasteiger partial charge on any atom is 0.298 e. The molecule has 6 nitrogen and oxygen atoms in total. The zero-order valence-electron chi connectivity index (χ0n) is 19.0. The Kier molecular flexibility index (Phi) is 6.79. The molecule has 3 aromatic rings. The third kappa shape index (κ3) is 4.79. The highest BCUT2D eigenvalue weighted by molar-refractivity contribution is 9.10. The largest absolute Gasteiger partial charge is 0.341 e. The number of benzene rings is 2. The number of hydrogen-bond donors (Lipinski definition) is 0. The van der Waals surface area contributed by atoms with Gasteiger partial charge in [0.05, 0.1) is 15.6 Å². The average molecular weight is 573 g/mol. The molecule has 0 spiro atoms. The number of nitrogens with zero attached hydrogens (tertiary/aromatic N) is 3. The van der Waals surface area contributed by atoms with Gasteiger partial charge in [-0.3, -0.25) is 14.4 Å². The van der Waals surface area contributed by atoms with Crippen LogP contribution in [0.4, 0.5) is 10.5 Å². The normalized spacial score (nSPS) is 18.3. The van der Waals surface area contributed by atoms with Crippen LogP contribution in [0, 0.1) is 5.92 Å². The summed E-state index contributed by atoms with van der Waals surface area (Å²) in [7, 11) is 0. The monoisotopic (exact) mass is 571 g/mol. The second-order valence-corrected chi connectivity index (χ2v) is 11.2. The van der Waals surface area contributed by atoms with Gasteiger partial charge in [-0.05, 0) is 66.9 Å². The number of hydrogen-bond acceptors (Lipinski definition) is 4. The lowest BCUT2D eigenvalue weighted by molar-refractivity contribution is -0.133. The molecule has 2 aliphatic rings. The highest BCUT2D eigenvalue weighted by atomic mass is 79.9. The molecular formula is C26H23BrClN3O3S. The van der Waals surface area contributed by atoms with Gasteiger partial charge in [0.25, 0.3) is 11.1 Å². The van der Waals surface area contributed by atoms with Crippen molar-refractivity contribution in [2.75, 3.05) is 18.0 Å². The first-order valence-corrected chi connectivity index (χ1v) is 13.4. The maximum atomic E-state index is 13.2. The van der Waals surface area contributed by atoms with Gasteiger partial charge in [0.1, 0.15) is 6.54 Å². The molecule has 0 N–H and O–H groups in total. The molecule has 35 heavy (non-hydrogen) atoms. The maximum absolute atomic E-state index is 13.2. The number of likely N-dealkylation sites (tertiary alicyclic amines) is 1. The Morgan fingerprint density at radius 3 is 2.66 bits per heavy atom. The molecule has 1 aromatic heterocycles. The number of rotatable bonds is 4. The van der Waals surface area contributed by atoms with Gasteiger partial charge in [-0.2, -0.15) is 0 Å². The van der Waals surface area contributed by atoms with Gasteiger partial charge >= 0.3 is 0 Å². The molecule has 0 saturated carbocycles. The number of carbonyl (C=O) groups is 3. The lowest BCUT2D eigenvalue weighted by Crippen LogP contribution is -2.39. The number of fused-ring (bicyclic) bond motifs is 1. The van der Waals surface area contributed by atoms with Crippen LogP contribution in [0.2, 0.25) is 5.02 Å². The van der Waals surface area contributed by atoms with E-state index >= 15 is 0 Å². The summed E-state index contributed by atoms with van der Waals surface area (Å²) in [6.45, 7) is 4.01. The van der Waals surface area contributed by atoms with Crippen LogP contribution in [0.3, 0.4) is 0 Å². The van der Waals surface area contributed by atoms with E-state index in [-0.39, 0.29) is 12.5 Å². The predicted octanol–water partition coefficient (Wildman–Crippen LogP) is 6.56. The summed E-state index contributed by atoms with van der Waals surface area (Å²) in [5, 5.41) is 0.833. The molecule has 3 amide bonds. The van der Waals surface area contributed by atoms with Gasteiger partial charge in [-0.25, -0.2) is 4.90 Å². The van der Waals surface area contributed by atoms with Crippen LogP contribution < -0.4 is 4.90 Å². The summed E-state index contributed by atoms with van der Waals surface area (Å²) >= 11 is 10.6. The number of aromatic nitrogens is 1. The second kappa shape index (κ2) is 9.84. The molecule has 2 aromatic carbocycles. The summed E-state index contributed by atoms with van der Waals surface area (Å²) in [6, 6.07) is 12.6. The van der Waals surface area contributed by atoms with Crippen LogP contribution in [-0.4, -0.2) is 39.6 Å². The quantitative estimate of drug-likeness (QED) is 0.332. The van der Waals surface area contributed by atoms with E-state index in [1.165, 1.54) is 0 Å². The molecule has 2 aliphatic heterocycles. The molecule has 0 atom stereocenters. The Bertz CT molecular complexity index is 1380. The molecule has 0 bridgehead atoms. The first kappa shape index (κ1) is 24.2. The lowest BCUT2D eigenvalue weighted by Gasteiger charge is -2.30. The molecule has 2 saturated heterocycles. The number of piperidine rings is 1. The number of halogens is 2. The first-order valence-electron chi connectivity index (χ1n) is 11.4. The van der Waals surface area contributed by atoms with Gasteiger partial charge in [0.2, 0.25) is 5.91 Å². The van der Waals surface area contributed by atoms with Crippen LogP contribution in [0.25, 0.3) is 17.0 Å². The fourth-order valence-corrected chi connectivity index (χ4v) is 5.90. The number of para-hydroxylation sites is 1. The van der Waals surface area contributed by atoms with Gasteiger partial charge in [-0.1, -0.05) is 46.6 Å². The molecular weight excluding hydrogens is 550 g/mol. The summed E-state index contributed by atoms with van der Waals surface area (Å²) < 4.78 is 2.81. The number of anilines is 1. The molecule has 9 heteroatoms. The molecule has 2 fully saturated rings. The van der Waals surface area contributed by atoms with Crippen molar-refractivity contribution >= 4 is 79.0 Å². The van der Waals surface area contributed by atoms with Crippen molar-refractivity contribution in [3.8, 4) is 0 Å². The van der Waals surface area contributed by atoms with E-state index in [4.69, 9.17) is 11.6 Å². The van der Waals surface area contributed by atoms with E-state index in [0.717, 1.165) is 63.5 Å². The highest BCUT2D eigenvalue weighted by Crippen LogP contribution is 2.39. The van der Waals surface area contributed by atoms with E-state index in [9.17, 15) is 14.4 Å². The van der Waals surface area contributed by atoms with Gasteiger partial charge < -0.3 is 9.47 Å². The van der Waals surface area contributed by atoms with Crippen molar-refractivity contribution in [1.29, 1.82) is 0 Å². The number of carbonyl (C=O) groups excluding carboxylic acids is 3. The molecule has 0 unspecified atom stereocenters. The minimum atomic E-state index is -0.414. The van der Waals surface area contributed by atoms with Crippen molar-refractivity contribution in [1.82, 2.24) is 9.47 Å². The Hall–Kier alpha value is -2.55. The fourth-order valence-electron chi connectivity index (χ4n) is 4.50. The number of imide groups is 1. The molecule has 180 valence electrons. The van der Waals surface area contributed by atoms with Crippen molar-refractivity contribution < 1.29 is 14.4 Å². The highest BCUT2D eigenvalue weighted by Gasteiger charge is 2.37. The number of amides is 3. The Morgan fingerprint density at radius 1 is 1.17 bits per heavy atom. The molecule has 0 radical (unpaired) electrons. The van der Waals surface area contributed by atoms with Crippen molar-refractivity contribution in [3.63, 3.8) is 0 Å².